The first-order valence-electron chi connectivity index (χ1n) is 9.97. The molecule has 0 bridgehead atoms. The summed E-state index contributed by atoms with van der Waals surface area (Å²) in [6.07, 6.45) is 3.29. The number of fused-ring (bicyclic) bond motifs is 2. The molecule has 1 amide bonds. The third-order valence-corrected chi connectivity index (χ3v) is 5.07. The van der Waals surface area contributed by atoms with Gasteiger partial charge in [-0.25, -0.2) is 9.78 Å². The van der Waals surface area contributed by atoms with Crippen molar-refractivity contribution < 1.29 is 14.1 Å². The predicted molar refractivity (Wildman–Crippen MR) is 114 cm³/mol. The zero-order valence-corrected chi connectivity index (χ0v) is 16.7. The summed E-state index contributed by atoms with van der Waals surface area (Å²) in [5.41, 5.74) is 2.51. The van der Waals surface area contributed by atoms with E-state index in [0.29, 0.717) is 18.5 Å². The monoisotopic (exact) mass is 423 g/mol. The normalized spacial score (nSPS) is 11.2. The van der Waals surface area contributed by atoms with Crippen molar-refractivity contribution in [2.45, 2.75) is 32.4 Å². The average Bonchev–Trinajstić information content (AvgIpc) is 3.31. The lowest BCUT2D eigenvalue weighted by Gasteiger charge is -2.07. The van der Waals surface area contributed by atoms with Crippen LogP contribution >= 0.6 is 0 Å². The number of non-ortho nitro benzene ring substituents is 1. The fourth-order valence-corrected chi connectivity index (χ4v) is 3.53. The third kappa shape index (κ3) is 4.47. The maximum atomic E-state index is 12.1. The lowest BCUT2D eigenvalue weighted by Crippen LogP contribution is -2.25. The summed E-state index contributed by atoms with van der Waals surface area (Å²) in [6.45, 7) is 1.59. The highest BCUT2D eigenvalue weighted by Crippen LogP contribution is 2.20. The van der Waals surface area contributed by atoms with E-state index in [-0.39, 0.29) is 30.1 Å². The van der Waals surface area contributed by atoms with Crippen LogP contribution in [0.5, 0.6) is 0 Å². The highest BCUT2D eigenvalue weighted by Gasteiger charge is 2.14. The molecule has 4 rings (SSSR count). The van der Waals surface area contributed by atoms with Crippen molar-refractivity contribution in [3.05, 3.63) is 69.5 Å². The molecule has 31 heavy (non-hydrogen) atoms. The van der Waals surface area contributed by atoms with E-state index in [2.05, 4.69) is 14.9 Å². The van der Waals surface area contributed by atoms with Crippen LogP contribution in [0.3, 0.4) is 0 Å². The molecule has 4 aromatic rings. The summed E-state index contributed by atoms with van der Waals surface area (Å²) in [6, 6.07) is 11.9. The maximum absolute atomic E-state index is 12.1. The molecule has 0 atom stereocenters. The Hall–Kier alpha value is -3.95. The molecule has 10 heteroatoms. The van der Waals surface area contributed by atoms with Crippen LogP contribution in [0.25, 0.3) is 22.1 Å². The van der Waals surface area contributed by atoms with Crippen LogP contribution < -0.4 is 11.1 Å². The Morgan fingerprint density at radius 1 is 1.13 bits per heavy atom. The van der Waals surface area contributed by atoms with Gasteiger partial charge in [0, 0.05) is 32.1 Å². The number of carbonyl (C=O) groups is 1. The van der Waals surface area contributed by atoms with Gasteiger partial charge in [0.05, 0.1) is 33.9 Å². The fraction of sp³-hybridized carbons (Fsp3) is 0.286. The summed E-state index contributed by atoms with van der Waals surface area (Å²) in [5.74, 6) is -0.685. The molecule has 10 nitrogen and oxygen atoms in total. The number of oxazole rings is 1. The number of benzene rings is 2. The van der Waals surface area contributed by atoms with Crippen molar-refractivity contribution in [1.29, 1.82) is 0 Å². The maximum Gasteiger partial charge on any atom is 0.419 e. The summed E-state index contributed by atoms with van der Waals surface area (Å²) in [7, 11) is 0. The number of rotatable bonds is 9. The van der Waals surface area contributed by atoms with Gasteiger partial charge in [-0.15, -0.1) is 0 Å². The Bertz CT molecular complexity index is 1300. The number of aromatic nitrogens is 3. The Labute approximate surface area is 176 Å². The number of hydrogen-bond acceptors (Lipinski definition) is 6. The van der Waals surface area contributed by atoms with Crippen molar-refractivity contribution in [3.63, 3.8) is 0 Å². The second-order valence-electron chi connectivity index (χ2n) is 7.16. The van der Waals surface area contributed by atoms with Crippen molar-refractivity contribution in [3.8, 4) is 0 Å². The molecule has 0 aliphatic rings. The molecule has 1 N–H and O–H groups in total. The van der Waals surface area contributed by atoms with E-state index in [1.165, 1.54) is 22.8 Å². The topological polar surface area (TPSA) is 125 Å². The molecule has 2 aromatic heterocycles. The number of nitro groups is 1. The number of nitrogens with one attached hydrogen (secondary N) is 1. The van der Waals surface area contributed by atoms with Crippen LogP contribution in [-0.2, 0) is 17.9 Å². The summed E-state index contributed by atoms with van der Waals surface area (Å²) >= 11 is 0. The molecule has 0 radical (unpaired) electrons. The number of hydrogen-bond donors (Lipinski definition) is 1. The van der Waals surface area contributed by atoms with Crippen LogP contribution in [0.15, 0.2) is 58.0 Å². The lowest BCUT2D eigenvalue weighted by molar-refractivity contribution is -0.384. The van der Waals surface area contributed by atoms with Gasteiger partial charge in [0.1, 0.15) is 0 Å². The van der Waals surface area contributed by atoms with Gasteiger partial charge in [-0.2, -0.15) is 0 Å². The molecule has 0 saturated carbocycles. The second-order valence-corrected chi connectivity index (χ2v) is 7.16. The molecule has 0 aliphatic carbocycles. The molecule has 2 heterocycles. The summed E-state index contributed by atoms with van der Waals surface area (Å²) in [4.78, 5) is 38.8. The lowest BCUT2D eigenvalue weighted by atomic mass is 10.2. The first kappa shape index (κ1) is 20.3. The van der Waals surface area contributed by atoms with Crippen molar-refractivity contribution >= 4 is 33.7 Å². The van der Waals surface area contributed by atoms with Crippen LogP contribution in [0.4, 0.5) is 5.69 Å². The molecule has 0 spiro atoms. The minimum absolute atomic E-state index is 0.0908. The van der Waals surface area contributed by atoms with Crippen molar-refractivity contribution in [2.24, 2.45) is 0 Å². The molecular formula is C21H21N5O5. The number of nitro benzene ring substituents is 1. The molecule has 0 saturated heterocycles. The minimum Gasteiger partial charge on any atom is -0.407 e. The highest BCUT2D eigenvalue weighted by molar-refractivity contribution is 5.77. The quantitative estimate of drug-likeness (QED) is 0.251. The van der Waals surface area contributed by atoms with Gasteiger partial charge in [-0.3, -0.25) is 19.5 Å². The number of carbonyl (C=O) groups excluding carboxylic acids is 1. The molecule has 0 fully saturated rings. The number of nitrogens with zero attached hydrogens (tertiary/aromatic N) is 4. The van der Waals surface area contributed by atoms with Gasteiger partial charge >= 0.3 is 5.76 Å². The van der Waals surface area contributed by atoms with Crippen molar-refractivity contribution in [2.75, 3.05) is 6.54 Å². The molecule has 0 aliphatic heterocycles. The van der Waals surface area contributed by atoms with Crippen LogP contribution in [0, 0.1) is 10.1 Å². The van der Waals surface area contributed by atoms with E-state index in [0.717, 1.165) is 24.0 Å². The molecule has 160 valence electrons. The Morgan fingerprint density at radius 3 is 2.81 bits per heavy atom. The van der Waals surface area contributed by atoms with Crippen molar-refractivity contribution in [1.82, 2.24) is 19.4 Å². The van der Waals surface area contributed by atoms with Crippen LogP contribution in [-0.4, -0.2) is 31.5 Å². The van der Waals surface area contributed by atoms with E-state index < -0.39 is 10.7 Å². The Morgan fingerprint density at radius 2 is 1.97 bits per heavy atom. The van der Waals surface area contributed by atoms with E-state index >= 15 is 0 Å². The Balaban J connectivity index is 1.24. The highest BCUT2D eigenvalue weighted by atomic mass is 16.6. The third-order valence-electron chi connectivity index (χ3n) is 5.07. The Kier molecular flexibility index (Phi) is 5.78. The number of para-hydroxylation sites is 2. The molecule has 2 aromatic carbocycles. The smallest absolute Gasteiger partial charge is 0.407 e. The van der Waals surface area contributed by atoms with Crippen LogP contribution in [0.1, 0.15) is 19.3 Å². The average molecular weight is 423 g/mol. The number of aryl methyl sites for hydroxylation is 2. The van der Waals surface area contributed by atoms with Crippen LogP contribution in [0.2, 0.25) is 0 Å². The summed E-state index contributed by atoms with van der Waals surface area (Å²) in [5, 5.41) is 13.7. The van der Waals surface area contributed by atoms with E-state index in [1.54, 1.807) is 6.33 Å². The standard InChI is InChI=1S/C21H21N5O5/c27-20(22-10-4-11-24-14-23-16-5-1-2-6-17(16)24)7-3-12-25-18-9-8-15(26(29)30)13-19(18)31-21(25)28/h1-2,5-6,8-9,13-14H,3-4,7,10-12H2,(H,22,27). The second kappa shape index (κ2) is 8.82. The first-order chi connectivity index (χ1) is 15.0. The molecular weight excluding hydrogens is 402 g/mol. The van der Waals surface area contributed by atoms with E-state index in [1.807, 2.05) is 24.3 Å². The summed E-state index contributed by atoms with van der Waals surface area (Å²) < 4.78 is 8.53. The predicted octanol–water partition coefficient (Wildman–Crippen LogP) is 2.84. The van der Waals surface area contributed by atoms with Gasteiger partial charge in [-0.05, 0) is 31.0 Å². The van der Waals surface area contributed by atoms with E-state index in [4.69, 9.17) is 4.42 Å². The zero-order valence-electron chi connectivity index (χ0n) is 16.7. The first-order valence-corrected chi connectivity index (χ1v) is 9.97. The SMILES string of the molecule is O=C(CCCn1c(=O)oc2cc([N+](=O)[O-])ccc21)NCCCn1cnc2ccccc21. The fourth-order valence-electron chi connectivity index (χ4n) is 3.53. The zero-order chi connectivity index (χ0) is 21.8. The molecule has 0 unspecified atom stereocenters. The largest absolute Gasteiger partial charge is 0.419 e. The minimum atomic E-state index is -0.594. The van der Waals surface area contributed by atoms with E-state index in [9.17, 15) is 19.7 Å². The van der Waals surface area contributed by atoms with Gasteiger partial charge in [0.2, 0.25) is 5.91 Å². The van der Waals surface area contributed by atoms with Gasteiger partial charge in [0.25, 0.3) is 5.69 Å². The number of amides is 1. The van der Waals surface area contributed by atoms with Gasteiger partial charge < -0.3 is 14.3 Å². The number of imidazole rings is 1. The van der Waals surface area contributed by atoms with Gasteiger partial charge in [0.15, 0.2) is 5.58 Å². The van der Waals surface area contributed by atoms with Gasteiger partial charge in [-0.1, -0.05) is 12.1 Å².